The molecule has 2 aliphatic heterocycles. The molecule has 6 nitrogen and oxygen atoms in total. The van der Waals surface area contributed by atoms with Gasteiger partial charge in [0.2, 0.25) is 11.9 Å². The first-order valence-corrected chi connectivity index (χ1v) is 7.67. The van der Waals surface area contributed by atoms with Gasteiger partial charge in [0.15, 0.2) is 0 Å². The van der Waals surface area contributed by atoms with E-state index in [0.717, 1.165) is 43.9 Å². The SMILES string of the molecule is CC(C)C(=O)N1CCCc2cnc(N3CCOCC3)nc21. The summed E-state index contributed by atoms with van der Waals surface area (Å²) in [4.78, 5) is 25.5. The average molecular weight is 290 g/mol. The monoisotopic (exact) mass is 290 g/mol. The quantitative estimate of drug-likeness (QED) is 0.820. The minimum Gasteiger partial charge on any atom is -0.378 e. The second-order valence-corrected chi connectivity index (χ2v) is 5.87. The molecule has 3 heterocycles. The lowest BCUT2D eigenvalue weighted by atomic mass is 10.1. The van der Waals surface area contributed by atoms with E-state index in [1.165, 1.54) is 0 Å². The second kappa shape index (κ2) is 5.97. The van der Waals surface area contributed by atoms with Gasteiger partial charge < -0.3 is 9.64 Å². The fourth-order valence-electron chi connectivity index (χ4n) is 2.77. The van der Waals surface area contributed by atoms with Gasteiger partial charge in [0.25, 0.3) is 0 Å². The number of amides is 1. The summed E-state index contributed by atoms with van der Waals surface area (Å²) in [5, 5.41) is 0. The Hall–Kier alpha value is -1.69. The zero-order valence-electron chi connectivity index (χ0n) is 12.7. The van der Waals surface area contributed by atoms with Crippen molar-refractivity contribution in [1.29, 1.82) is 0 Å². The van der Waals surface area contributed by atoms with Crippen molar-refractivity contribution in [3.05, 3.63) is 11.8 Å². The molecule has 1 amide bonds. The molecular formula is C15H22N4O2. The molecule has 0 aromatic carbocycles. The highest BCUT2D eigenvalue weighted by atomic mass is 16.5. The molecule has 0 bridgehead atoms. The van der Waals surface area contributed by atoms with E-state index in [1.807, 2.05) is 24.9 Å². The maximum Gasteiger partial charge on any atom is 0.230 e. The summed E-state index contributed by atoms with van der Waals surface area (Å²) < 4.78 is 5.36. The van der Waals surface area contributed by atoms with Crippen LogP contribution in [0, 0.1) is 5.92 Å². The Morgan fingerprint density at radius 3 is 2.76 bits per heavy atom. The fraction of sp³-hybridized carbons (Fsp3) is 0.667. The Kier molecular flexibility index (Phi) is 4.05. The van der Waals surface area contributed by atoms with Gasteiger partial charge in [-0.1, -0.05) is 13.8 Å². The minimum atomic E-state index is -0.0160. The number of aromatic nitrogens is 2. The van der Waals surface area contributed by atoms with Crippen LogP contribution in [0.5, 0.6) is 0 Å². The molecule has 1 aromatic heterocycles. The molecule has 0 atom stereocenters. The van der Waals surface area contributed by atoms with Crippen LogP contribution in [0.3, 0.4) is 0 Å². The highest BCUT2D eigenvalue weighted by Crippen LogP contribution is 2.27. The molecule has 0 spiro atoms. The predicted molar refractivity (Wildman–Crippen MR) is 80.6 cm³/mol. The van der Waals surface area contributed by atoms with Crippen molar-refractivity contribution < 1.29 is 9.53 Å². The first kappa shape index (κ1) is 14.3. The molecule has 0 N–H and O–H groups in total. The number of aryl methyl sites for hydroxylation is 1. The molecule has 0 unspecified atom stereocenters. The van der Waals surface area contributed by atoms with E-state index in [9.17, 15) is 4.79 Å². The Labute approximate surface area is 125 Å². The molecule has 1 fully saturated rings. The predicted octanol–water partition coefficient (Wildman–Crippen LogP) is 1.25. The molecule has 0 saturated carbocycles. The fourth-order valence-corrected chi connectivity index (χ4v) is 2.77. The molecule has 1 aromatic rings. The number of ether oxygens (including phenoxy) is 1. The van der Waals surface area contributed by atoms with Crippen molar-refractivity contribution in [3.8, 4) is 0 Å². The maximum atomic E-state index is 12.4. The molecule has 3 rings (SSSR count). The van der Waals surface area contributed by atoms with Crippen LogP contribution in [0.2, 0.25) is 0 Å². The van der Waals surface area contributed by atoms with Crippen LogP contribution in [0.15, 0.2) is 6.20 Å². The van der Waals surface area contributed by atoms with E-state index in [-0.39, 0.29) is 11.8 Å². The molecular weight excluding hydrogens is 268 g/mol. The van der Waals surface area contributed by atoms with E-state index >= 15 is 0 Å². The third kappa shape index (κ3) is 2.85. The van der Waals surface area contributed by atoms with Crippen molar-refractivity contribution in [3.63, 3.8) is 0 Å². The van der Waals surface area contributed by atoms with Gasteiger partial charge in [-0.05, 0) is 12.8 Å². The molecule has 1 saturated heterocycles. The summed E-state index contributed by atoms with van der Waals surface area (Å²) in [6, 6.07) is 0. The van der Waals surface area contributed by atoms with Crippen LogP contribution in [0.1, 0.15) is 25.8 Å². The number of morpholine rings is 1. The van der Waals surface area contributed by atoms with Gasteiger partial charge >= 0.3 is 0 Å². The average Bonchev–Trinajstić information content (AvgIpc) is 2.54. The number of carbonyl (C=O) groups excluding carboxylic acids is 1. The van der Waals surface area contributed by atoms with Crippen LogP contribution in [0.25, 0.3) is 0 Å². The molecule has 0 aliphatic carbocycles. The first-order valence-electron chi connectivity index (χ1n) is 7.67. The van der Waals surface area contributed by atoms with Gasteiger partial charge in [0.1, 0.15) is 5.82 Å². The van der Waals surface area contributed by atoms with Gasteiger partial charge in [0, 0.05) is 37.3 Å². The van der Waals surface area contributed by atoms with Crippen LogP contribution >= 0.6 is 0 Å². The van der Waals surface area contributed by atoms with Crippen LogP contribution in [0.4, 0.5) is 11.8 Å². The molecule has 2 aliphatic rings. The number of anilines is 2. The molecule has 114 valence electrons. The summed E-state index contributed by atoms with van der Waals surface area (Å²) in [7, 11) is 0. The number of nitrogens with zero attached hydrogens (tertiary/aromatic N) is 4. The Bertz CT molecular complexity index is 526. The van der Waals surface area contributed by atoms with Crippen LogP contribution in [-0.4, -0.2) is 48.7 Å². The van der Waals surface area contributed by atoms with Crippen molar-refractivity contribution in [2.45, 2.75) is 26.7 Å². The third-order valence-electron chi connectivity index (χ3n) is 3.97. The standard InChI is InChI=1S/C15H22N4O2/c1-11(2)14(20)19-5-3-4-12-10-16-15(17-13(12)19)18-6-8-21-9-7-18/h10-11H,3-9H2,1-2H3. The molecule has 6 heteroatoms. The largest absolute Gasteiger partial charge is 0.378 e. The lowest BCUT2D eigenvalue weighted by Crippen LogP contribution is -2.41. The zero-order valence-corrected chi connectivity index (χ0v) is 12.7. The van der Waals surface area contributed by atoms with Crippen molar-refractivity contribution >= 4 is 17.7 Å². The van der Waals surface area contributed by atoms with E-state index in [4.69, 9.17) is 4.74 Å². The van der Waals surface area contributed by atoms with Gasteiger partial charge in [0.05, 0.1) is 13.2 Å². The van der Waals surface area contributed by atoms with Crippen LogP contribution < -0.4 is 9.80 Å². The lowest BCUT2D eigenvalue weighted by molar-refractivity contribution is -0.121. The summed E-state index contributed by atoms with van der Waals surface area (Å²) in [6.07, 6.45) is 3.80. The van der Waals surface area contributed by atoms with Gasteiger partial charge in [-0.3, -0.25) is 9.69 Å². The Balaban J connectivity index is 1.91. The van der Waals surface area contributed by atoms with E-state index in [2.05, 4.69) is 14.9 Å². The number of rotatable bonds is 2. The topological polar surface area (TPSA) is 58.6 Å². The summed E-state index contributed by atoms with van der Waals surface area (Å²) in [5.41, 5.74) is 1.08. The van der Waals surface area contributed by atoms with Gasteiger partial charge in [-0.15, -0.1) is 0 Å². The normalized spacial score (nSPS) is 18.8. The Morgan fingerprint density at radius 2 is 2.05 bits per heavy atom. The van der Waals surface area contributed by atoms with Crippen molar-refractivity contribution in [2.24, 2.45) is 5.92 Å². The van der Waals surface area contributed by atoms with Crippen molar-refractivity contribution in [1.82, 2.24) is 9.97 Å². The summed E-state index contributed by atoms with van der Waals surface area (Å²) in [6.45, 7) is 7.63. The van der Waals surface area contributed by atoms with E-state index in [0.29, 0.717) is 19.2 Å². The number of fused-ring (bicyclic) bond motifs is 1. The smallest absolute Gasteiger partial charge is 0.230 e. The highest BCUT2D eigenvalue weighted by molar-refractivity contribution is 5.94. The number of hydrogen-bond acceptors (Lipinski definition) is 5. The number of carbonyl (C=O) groups is 1. The second-order valence-electron chi connectivity index (χ2n) is 5.87. The maximum absolute atomic E-state index is 12.4. The molecule has 21 heavy (non-hydrogen) atoms. The summed E-state index contributed by atoms with van der Waals surface area (Å²) >= 11 is 0. The highest BCUT2D eigenvalue weighted by Gasteiger charge is 2.27. The summed E-state index contributed by atoms with van der Waals surface area (Å²) in [5.74, 6) is 1.64. The van der Waals surface area contributed by atoms with Crippen molar-refractivity contribution in [2.75, 3.05) is 42.6 Å². The van der Waals surface area contributed by atoms with Gasteiger partial charge in [-0.25, -0.2) is 4.98 Å². The third-order valence-corrected chi connectivity index (χ3v) is 3.97. The molecule has 0 radical (unpaired) electrons. The first-order chi connectivity index (χ1) is 10.2. The van der Waals surface area contributed by atoms with E-state index in [1.54, 1.807) is 0 Å². The zero-order chi connectivity index (χ0) is 14.8. The van der Waals surface area contributed by atoms with Gasteiger partial charge in [-0.2, -0.15) is 4.98 Å². The number of hydrogen-bond donors (Lipinski definition) is 0. The lowest BCUT2D eigenvalue weighted by Gasteiger charge is -2.32. The Morgan fingerprint density at radius 1 is 1.29 bits per heavy atom. The van der Waals surface area contributed by atoms with Crippen LogP contribution in [-0.2, 0) is 16.0 Å². The minimum absolute atomic E-state index is 0.0160. The van der Waals surface area contributed by atoms with E-state index < -0.39 is 0 Å².